The lowest BCUT2D eigenvalue weighted by Crippen LogP contribution is -2.13. The summed E-state index contributed by atoms with van der Waals surface area (Å²) in [5.41, 5.74) is 0.483. The molecular formula is C12H16ClN3. The van der Waals surface area contributed by atoms with E-state index in [0.29, 0.717) is 16.5 Å². The average Bonchev–Trinajstić information content (AvgIpc) is 3.10. The van der Waals surface area contributed by atoms with Crippen molar-refractivity contribution in [1.82, 2.24) is 9.97 Å². The Kier molecular flexibility index (Phi) is 2.32. The summed E-state index contributed by atoms with van der Waals surface area (Å²) in [6.45, 7) is 3.29. The lowest BCUT2D eigenvalue weighted by atomic mass is 10.1. The number of nitrogens with one attached hydrogen (secondary N) is 1. The molecule has 2 fully saturated rings. The van der Waals surface area contributed by atoms with Crippen LogP contribution in [-0.4, -0.2) is 16.5 Å². The van der Waals surface area contributed by atoms with Gasteiger partial charge in [0.15, 0.2) is 0 Å². The molecule has 0 bridgehead atoms. The van der Waals surface area contributed by atoms with E-state index in [1.165, 1.54) is 25.7 Å². The molecule has 0 aromatic carbocycles. The Bertz CT molecular complexity index is 411. The van der Waals surface area contributed by atoms with Gasteiger partial charge < -0.3 is 5.32 Å². The monoisotopic (exact) mass is 237 g/mol. The van der Waals surface area contributed by atoms with Gasteiger partial charge >= 0.3 is 0 Å². The van der Waals surface area contributed by atoms with Gasteiger partial charge in [0.05, 0.1) is 0 Å². The lowest BCUT2D eigenvalue weighted by Gasteiger charge is -2.11. The van der Waals surface area contributed by atoms with E-state index in [1.54, 1.807) is 0 Å². The minimum absolute atomic E-state index is 0.483. The molecule has 2 aliphatic rings. The first kappa shape index (κ1) is 10.3. The fourth-order valence-electron chi connectivity index (χ4n) is 1.74. The molecule has 1 heterocycles. The molecule has 1 aromatic heterocycles. The Morgan fingerprint density at radius 3 is 2.81 bits per heavy atom. The van der Waals surface area contributed by atoms with Crippen molar-refractivity contribution in [2.45, 2.75) is 38.5 Å². The third-order valence-corrected chi connectivity index (χ3v) is 3.65. The van der Waals surface area contributed by atoms with Crippen LogP contribution in [0.4, 0.5) is 5.82 Å². The van der Waals surface area contributed by atoms with E-state index in [-0.39, 0.29) is 0 Å². The third-order valence-electron chi connectivity index (χ3n) is 3.45. The van der Waals surface area contributed by atoms with Crippen LogP contribution in [0.25, 0.3) is 0 Å². The summed E-state index contributed by atoms with van der Waals surface area (Å²) in [5.74, 6) is 2.35. The molecule has 0 aliphatic heterocycles. The third kappa shape index (κ3) is 2.29. The highest BCUT2D eigenvalue weighted by Gasteiger charge is 2.37. The van der Waals surface area contributed by atoms with Crippen molar-refractivity contribution in [3.8, 4) is 0 Å². The van der Waals surface area contributed by atoms with E-state index in [2.05, 4.69) is 22.2 Å². The maximum absolute atomic E-state index is 6.00. The molecule has 2 saturated carbocycles. The normalized spacial score (nSPS) is 21.9. The zero-order valence-corrected chi connectivity index (χ0v) is 10.2. The molecule has 0 atom stereocenters. The Hall–Kier alpha value is -0.830. The summed E-state index contributed by atoms with van der Waals surface area (Å²) >= 11 is 6.00. The summed E-state index contributed by atoms with van der Waals surface area (Å²) in [4.78, 5) is 8.79. The van der Waals surface area contributed by atoms with Crippen LogP contribution in [0.1, 0.15) is 44.3 Å². The Morgan fingerprint density at radius 2 is 2.19 bits per heavy atom. The molecule has 1 N–H and O–H groups in total. The molecule has 4 heteroatoms. The van der Waals surface area contributed by atoms with E-state index in [1.807, 2.05) is 6.07 Å². The second-order valence-electron chi connectivity index (χ2n) is 5.37. The highest BCUT2D eigenvalue weighted by molar-refractivity contribution is 6.29. The Labute approximate surface area is 101 Å². The van der Waals surface area contributed by atoms with E-state index >= 15 is 0 Å². The highest BCUT2D eigenvalue weighted by Crippen LogP contribution is 2.45. The Balaban J connectivity index is 1.72. The van der Waals surface area contributed by atoms with Crippen LogP contribution < -0.4 is 5.32 Å². The van der Waals surface area contributed by atoms with Crippen molar-refractivity contribution in [3.63, 3.8) is 0 Å². The minimum Gasteiger partial charge on any atom is -0.369 e. The van der Waals surface area contributed by atoms with Crippen LogP contribution in [0.2, 0.25) is 5.15 Å². The predicted octanol–water partition coefficient (Wildman–Crippen LogP) is 3.22. The number of halogens is 1. The van der Waals surface area contributed by atoms with Gasteiger partial charge in [-0.2, -0.15) is 0 Å². The van der Waals surface area contributed by atoms with Gasteiger partial charge in [0.2, 0.25) is 0 Å². The van der Waals surface area contributed by atoms with E-state index in [4.69, 9.17) is 11.6 Å². The summed E-state index contributed by atoms with van der Waals surface area (Å²) < 4.78 is 0. The topological polar surface area (TPSA) is 37.8 Å². The van der Waals surface area contributed by atoms with Gasteiger partial charge in [0, 0.05) is 18.5 Å². The largest absolute Gasteiger partial charge is 0.369 e. The second-order valence-corrected chi connectivity index (χ2v) is 5.76. The number of nitrogens with zero attached hydrogens (tertiary/aromatic N) is 2. The first-order chi connectivity index (χ1) is 7.65. The Morgan fingerprint density at radius 1 is 1.44 bits per heavy atom. The van der Waals surface area contributed by atoms with Crippen molar-refractivity contribution in [2.75, 3.05) is 11.9 Å². The van der Waals surface area contributed by atoms with Gasteiger partial charge in [-0.1, -0.05) is 18.5 Å². The molecule has 1 aromatic rings. The molecule has 3 nitrogen and oxygen atoms in total. The van der Waals surface area contributed by atoms with Gasteiger partial charge in [-0.05, 0) is 31.1 Å². The smallest absolute Gasteiger partial charge is 0.135 e. The summed E-state index contributed by atoms with van der Waals surface area (Å²) in [5, 5.41) is 3.93. The van der Waals surface area contributed by atoms with Crippen molar-refractivity contribution in [2.24, 2.45) is 5.41 Å². The van der Waals surface area contributed by atoms with Gasteiger partial charge in [-0.3, -0.25) is 0 Å². The van der Waals surface area contributed by atoms with E-state index < -0.39 is 0 Å². The van der Waals surface area contributed by atoms with Crippen LogP contribution in [0, 0.1) is 5.41 Å². The van der Waals surface area contributed by atoms with Crippen molar-refractivity contribution in [1.29, 1.82) is 0 Å². The van der Waals surface area contributed by atoms with Crippen LogP contribution in [0.3, 0.4) is 0 Å². The van der Waals surface area contributed by atoms with Crippen molar-refractivity contribution >= 4 is 17.4 Å². The maximum atomic E-state index is 6.00. The number of hydrogen-bond acceptors (Lipinski definition) is 3. The molecule has 3 rings (SSSR count). The standard InChI is InChI=1S/C12H16ClN3/c1-12(4-5-12)7-14-10-6-9(13)15-11(16-10)8-2-3-8/h6,8H,2-5,7H2,1H3,(H,14,15,16). The van der Waals surface area contributed by atoms with Crippen LogP contribution >= 0.6 is 11.6 Å². The molecule has 0 spiro atoms. The number of hydrogen-bond donors (Lipinski definition) is 1. The molecule has 2 aliphatic carbocycles. The van der Waals surface area contributed by atoms with Gasteiger partial charge in [-0.25, -0.2) is 9.97 Å². The SMILES string of the molecule is CC1(CNc2cc(Cl)nc(C3CC3)n2)CC1. The number of rotatable bonds is 4. The lowest BCUT2D eigenvalue weighted by molar-refractivity contribution is 0.609. The highest BCUT2D eigenvalue weighted by atomic mass is 35.5. The van der Waals surface area contributed by atoms with Crippen molar-refractivity contribution < 1.29 is 0 Å². The molecule has 0 unspecified atom stereocenters. The fourth-order valence-corrected chi connectivity index (χ4v) is 1.93. The van der Waals surface area contributed by atoms with Crippen molar-refractivity contribution in [3.05, 3.63) is 17.0 Å². The molecule has 0 saturated heterocycles. The molecule has 0 amide bonds. The summed E-state index contributed by atoms with van der Waals surface area (Å²) in [6.07, 6.45) is 5.04. The van der Waals surface area contributed by atoms with Crippen LogP contribution in [-0.2, 0) is 0 Å². The molecule has 86 valence electrons. The van der Waals surface area contributed by atoms with E-state index in [0.717, 1.165) is 18.2 Å². The zero-order chi connectivity index (χ0) is 11.2. The van der Waals surface area contributed by atoms with Gasteiger partial charge in [0.25, 0.3) is 0 Å². The zero-order valence-electron chi connectivity index (χ0n) is 9.46. The second kappa shape index (κ2) is 3.59. The average molecular weight is 238 g/mol. The first-order valence-corrected chi connectivity index (χ1v) is 6.31. The quantitative estimate of drug-likeness (QED) is 0.818. The number of aromatic nitrogens is 2. The van der Waals surface area contributed by atoms with Crippen LogP contribution in [0.15, 0.2) is 6.07 Å². The molecule has 16 heavy (non-hydrogen) atoms. The fraction of sp³-hybridized carbons (Fsp3) is 0.667. The predicted molar refractivity (Wildman–Crippen MR) is 64.8 cm³/mol. The van der Waals surface area contributed by atoms with Gasteiger partial charge in [-0.15, -0.1) is 0 Å². The summed E-state index contributed by atoms with van der Waals surface area (Å²) in [6, 6.07) is 1.82. The van der Waals surface area contributed by atoms with Gasteiger partial charge in [0.1, 0.15) is 16.8 Å². The van der Waals surface area contributed by atoms with Crippen LogP contribution in [0.5, 0.6) is 0 Å². The number of anilines is 1. The first-order valence-electron chi connectivity index (χ1n) is 5.93. The molecular weight excluding hydrogens is 222 g/mol. The minimum atomic E-state index is 0.483. The summed E-state index contributed by atoms with van der Waals surface area (Å²) in [7, 11) is 0. The maximum Gasteiger partial charge on any atom is 0.135 e. The van der Waals surface area contributed by atoms with E-state index in [9.17, 15) is 0 Å². The molecule has 0 radical (unpaired) electrons.